The Morgan fingerprint density at radius 2 is 1.05 bits per heavy atom. The minimum Gasteiger partial charge on any atom is -0.380 e. The third kappa shape index (κ3) is 11.5. The molecule has 0 bridgehead atoms. The molecule has 21 heavy (non-hydrogen) atoms. The highest BCUT2D eigenvalue weighted by molar-refractivity contribution is 6.59. The van der Waals surface area contributed by atoms with Gasteiger partial charge in [0, 0.05) is 24.5 Å². The van der Waals surface area contributed by atoms with Crippen LogP contribution in [0.15, 0.2) is 0 Å². The van der Waals surface area contributed by atoms with E-state index in [1.807, 2.05) is 0 Å². The van der Waals surface area contributed by atoms with Crippen LogP contribution in [0.5, 0.6) is 0 Å². The zero-order chi connectivity index (χ0) is 16.4. The molecule has 6 heteroatoms. The van der Waals surface area contributed by atoms with E-state index in [1.165, 1.54) is 0 Å². The van der Waals surface area contributed by atoms with Gasteiger partial charge in [-0.2, -0.15) is 0 Å². The van der Waals surface area contributed by atoms with Crippen molar-refractivity contribution in [3.8, 4) is 0 Å². The van der Waals surface area contributed by atoms with E-state index in [1.54, 1.807) is 0 Å². The Morgan fingerprint density at radius 1 is 0.714 bits per heavy atom. The molecule has 2 radical (unpaired) electrons. The summed E-state index contributed by atoms with van der Waals surface area (Å²) in [7, 11) is 7.46. The first kappa shape index (κ1) is 21.3. The SMILES string of the molecule is CN(C)CCOC(CC(OCCN(C)C)[Si](C)C)[Si](C)C. The van der Waals surface area contributed by atoms with E-state index < -0.39 is 17.6 Å². The van der Waals surface area contributed by atoms with Crippen LogP contribution in [0.4, 0.5) is 0 Å². The van der Waals surface area contributed by atoms with E-state index in [9.17, 15) is 0 Å². The van der Waals surface area contributed by atoms with E-state index in [2.05, 4.69) is 64.2 Å². The minimum atomic E-state index is -0.454. The van der Waals surface area contributed by atoms with Crippen molar-refractivity contribution in [2.24, 2.45) is 0 Å². The second kappa shape index (κ2) is 11.8. The lowest BCUT2D eigenvalue weighted by Crippen LogP contribution is -2.40. The van der Waals surface area contributed by atoms with Crippen LogP contribution < -0.4 is 0 Å². The van der Waals surface area contributed by atoms with E-state index in [0.717, 1.165) is 32.7 Å². The van der Waals surface area contributed by atoms with Gasteiger partial charge in [0.1, 0.15) is 0 Å². The van der Waals surface area contributed by atoms with Crippen molar-refractivity contribution in [3.05, 3.63) is 0 Å². The normalized spacial score (nSPS) is 15.4. The molecule has 0 aliphatic heterocycles. The third-order valence-corrected chi connectivity index (χ3v) is 6.81. The standard InChI is InChI=1S/C15H36N2O2Si2/c1-16(2)9-11-18-14(20(5)6)13-15(21(7)8)19-12-10-17(3)4/h14-15H,9-13H2,1-8H3. The molecule has 0 amide bonds. The molecule has 0 N–H and O–H groups in total. The highest BCUT2D eigenvalue weighted by Crippen LogP contribution is 2.13. The first-order valence-corrected chi connectivity index (χ1v) is 13.0. The first-order valence-electron chi connectivity index (χ1n) is 7.86. The summed E-state index contributed by atoms with van der Waals surface area (Å²) >= 11 is 0. The van der Waals surface area contributed by atoms with Gasteiger partial charge in [0.15, 0.2) is 0 Å². The number of rotatable bonds is 12. The summed E-state index contributed by atoms with van der Waals surface area (Å²) in [4.78, 5) is 4.35. The molecule has 0 aliphatic carbocycles. The lowest BCUT2D eigenvalue weighted by molar-refractivity contribution is 0.0320. The van der Waals surface area contributed by atoms with Crippen molar-refractivity contribution in [1.29, 1.82) is 0 Å². The van der Waals surface area contributed by atoms with Crippen molar-refractivity contribution in [2.45, 2.75) is 44.1 Å². The van der Waals surface area contributed by atoms with E-state index in [0.29, 0.717) is 11.5 Å². The molecule has 2 atom stereocenters. The Morgan fingerprint density at radius 3 is 1.29 bits per heavy atom. The molecular weight excluding hydrogens is 296 g/mol. The van der Waals surface area contributed by atoms with Gasteiger partial charge in [-0.1, -0.05) is 26.2 Å². The van der Waals surface area contributed by atoms with Crippen molar-refractivity contribution >= 4 is 17.6 Å². The maximum absolute atomic E-state index is 6.15. The van der Waals surface area contributed by atoms with Crippen molar-refractivity contribution in [2.75, 3.05) is 54.5 Å². The quantitative estimate of drug-likeness (QED) is 0.509. The Labute approximate surface area is 136 Å². The highest BCUT2D eigenvalue weighted by atomic mass is 28.3. The fraction of sp³-hybridized carbons (Fsp3) is 1.00. The van der Waals surface area contributed by atoms with Crippen LogP contribution >= 0.6 is 0 Å². The predicted octanol–water partition coefficient (Wildman–Crippen LogP) is 1.86. The molecule has 0 spiro atoms. The van der Waals surface area contributed by atoms with Crippen molar-refractivity contribution in [1.82, 2.24) is 9.80 Å². The lowest BCUT2D eigenvalue weighted by atomic mass is 10.4. The van der Waals surface area contributed by atoms with Crippen molar-refractivity contribution in [3.63, 3.8) is 0 Å². The van der Waals surface area contributed by atoms with Crippen LogP contribution in [0, 0.1) is 0 Å². The molecule has 0 saturated carbocycles. The van der Waals surface area contributed by atoms with Crippen LogP contribution in [0.25, 0.3) is 0 Å². The highest BCUT2D eigenvalue weighted by Gasteiger charge is 2.24. The molecule has 0 aromatic heterocycles. The van der Waals surface area contributed by atoms with Gasteiger partial charge >= 0.3 is 0 Å². The summed E-state index contributed by atoms with van der Waals surface area (Å²) in [6.07, 6.45) is 1.07. The maximum atomic E-state index is 6.15. The molecule has 0 heterocycles. The number of hydrogen-bond donors (Lipinski definition) is 0. The molecule has 0 aliphatic rings. The van der Waals surface area contributed by atoms with Crippen LogP contribution in [0.1, 0.15) is 6.42 Å². The van der Waals surface area contributed by atoms with Gasteiger partial charge in [0.05, 0.1) is 30.8 Å². The molecule has 0 aromatic rings. The molecular formula is C15H36N2O2Si2. The molecule has 2 unspecified atom stereocenters. The Kier molecular flexibility index (Phi) is 11.9. The van der Waals surface area contributed by atoms with Gasteiger partial charge in [-0.15, -0.1) is 0 Å². The van der Waals surface area contributed by atoms with E-state index in [4.69, 9.17) is 9.47 Å². The van der Waals surface area contributed by atoms with Crippen LogP contribution in [-0.4, -0.2) is 93.3 Å². The van der Waals surface area contributed by atoms with Crippen molar-refractivity contribution < 1.29 is 9.47 Å². The minimum absolute atomic E-state index is 0.402. The third-order valence-electron chi connectivity index (χ3n) is 3.43. The monoisotopic (exact) mass is 332 g/mol. The molecule has 0 fully saturated rings. The Hall–Kier alpha value is 0.274. The van der Waals surface area contributed by atoms with Gasteiger partial charge < -0.3 is 19.3 Å². The van der Waals surface area contributed by atoms with E-state index >= 15 is 0 Å². The van der Waals surface area contributed by atoms with Crippen LogP contribution in [0.2, 0.25) is 26.2 Å². The summed E-state index contributed by atoms with van der Waals surface area (Å²) in [5.74, 6) is 0. The topological polar surface area (TPSA) is 24.9 Å². The Balaban J connectivity index is 4.32. The van der Waals surface area contributed by atoms with Gasteiger partial charge in [-0.3, -0.25) is 0 Å². The van der Waals surface area contributed by atoms with Gasteiger partial charge in [-0.25, -0.2) is 0 Å². The number of nitrogens with zero attached hydrogens (tertiary/aromatic N) is 2. The lowest BCUT2D eigenvalue weighted by Gasteiger charge is -2.29. The number of likely N-dealkylation sites (N-methyl/N-ethyl adjacent to an activating group) is 2. The van der Waals surface area contributed by atoms with Crippen LogP contribution in [-0.2, 0) is 9.47 Å². The fourth-order valence-electron chi connectivity index (χ4n) is 1.89. The zero-order valence-corrected chi connectivity index (χ0v) is 17.4. The summed E-state index contributed by atoms with van der Waals surface area (Å²) in [6, 6.07) is 0. The number of ether oxygens (including phenoxy) is 2. The summed E-state index contributed by atoms with van der Waals surface area (Å²) in [6.45, 7) is 13.0. The maximum Gasteiger partial charge on any atom is 0.0784 e. The molecule has 0 saturated heterocycles. The summed E-state index contributed by atoms with van der Waals surface area (Å²) < 4.78 is 12.3. The molecule has 4 nitrogen and oxygen atoms in total. The van der Waals surface area contributed by atoms with Crippen LogP contribution in [0.3, 0.4) is 0 Å². The first-order chi connectivity index (χ1) is 9.73. The summed E-state index contributed by atoms with van der Waals surface area (Å²) in [5, 5.41) is 0. The molecule has 0 rings (SSSR count). The zero-order valence-electron chi connectivity index (χ0n) is 15.4. The predicted molar refractivity (Wildman–Crippen MR) is 96.2 cm³/mol. The average Bonchev–Trinajstić information content (AvgIpc) is 2.34. The fourth-order valence-corrected chi connectivity index (χ4v) is 4.40. The summed E-state index contributed by atoms with van der Waals surface area (Å²) in [5.41, 5.74) is 0.804. The van der Waals surface area contributed by atoms with Gasteiger partial charge in [0.2, 0.25) is 0 Å². The second-order valence-electron chi connectivity index (χ2n) is 6.72. The average molecular weight is 333 g/mol. The van der Waals surface area contributed by atoms with E-state index in [-0.39, 0.29) is 0 Å². The van der Waals surface area contributed by atoms with Gasteiger partial charge in [-0.05, 0) is 34.6 Å². The molecule has 0 aromatic carbocycles. The smallest absolute Gasteiger partial charge is 0.0784 e. The number of hydrogen-bond acceptors (Lipinski definition) is 4. The van der Waals surface area contributed by atoms with Gasteiger partial charge in [0.25, 0.3) is 0 Å². The molecule has 126 valence electrons. The second-order valence-corrected chi connectivity index (χ2v) is 12.3. The Bertz CT molecular complexity index is 228. The largest absolute Gasteiger partial charge is 0.380 e.